The van der Waals surface area contributed by atoms with Crippen molar-refractivity contribution in [3.63, 3.8) is 0 Å². The number of unbranched alkanes of at least 4 members (excludes halogenated alkanes) is 1. The average molecular weight is 473 g/mol. The number of ether oxygens (including phenoxy) is 2. The summed E-state index contributed by atoms with van der Waals surface area (Å²) < 4.78 is 12.9. The van der Waals surface area contributed by atoms with E-state index in [0.717, 1.165) is 61.5 Å². The number of H-pyrrole nitrogens is 1. The van der Waals surface area contributed by atoms with E-state index < -0.39 is 0 Å². The molecule has 4 aromatic rings. The van der Waals surface area contributed by atoms with Crippen LogP contribution >= 0.6 is 0 Å². The zero-order valence-electron chi connectivity index (χ0n) is 19.7. The number of fused-ring (bicyclic) bond motifs is 5. The Morgan fingerprint density at radius 1 is 1.11 bits per heavy atom. The van der Waals surface area contributed by atoms with Gasteiger partial charge in [0.05, 0.1) is 30.1 Å². The molecular formula is C27H28N4O4. The van der Waals surface area contributed by atoms with Gasteiger partial charge in [0, 0.05) is 48.6 Å². The van der Waals surface area contributed by atoms with E-state index in [4.69, 9.17) is 9.47 Å². The molecule has 1 fully saturated rings. The third-order valence-electron chi connectivity index (χ3n) is 7.40. The third kappa shape index (κ3) is 3.87. The molecule has 0 bridgehead atoms. The highest BCUT2D eigenvalue weighted by Gasteiger charge is 2.40. The van der Waals surface area contributed by atoms with Gasteiger partial charge in [-0.05, 0) is 49.7 Å². The molecule has 2 aliphatic rings. The first kappa shape index (κ1) is 21.9. The molecule has 0 saturated carbocycles. The zero-order chi connectivity index (χ0) is 23.9. The van der Waals surface area contributed by atoms with Gasteiger partial charge in [-0.15, -0.1) is 0 Å². The Hall–Kier alpha value is -3.65. The van der Waals surface area contributed by atoms with Crippen molar-refractivity contribution < 1.29 is 9.47 Å². The van der Waals surface area contributed by atoms with Crippen molar-refractivity contribution in [2.24, 2.45) is 5.92 Å². The molecule has 0 unspecified atom stereocenters. The van der Waals surface area contributed by atoms with Gasteiger partial charge >= 0.3 is 5.69 Å². The minimum atomic E-state index is -0.370. The number of methoxy groups -OCH3 is 1. The summed E-state index contributed by atoms with van der Waals surface area (Å²) in [6, 6.07) is 13.3. The lowest BCUT2D eigenvalue weighted by atomic mass is 9.86. The number of aromatic nitrogens is 3. The van der Waals surface area contributed by atoms with Crippen LogP contribution in [-0.4, -0.2) is 52.8 Å². The Kier molecular flexibility index (Phi) is 5.53. The van der Waals surface area contributed by atoms with Gasteiger partial charge in [-0.2, -0.15) is 0 Å². The molecule has 2 aromatic heterocycles. The van der Waals surface area contributed by atoms with E-state index in [0.29, 0.717) is 29.3 Å². The monoisotopic (exact) mass is 472 g/mol. The Labute approximate surface area is 202 Å². The number of nitrogens with zero attached hydrogens (tertiary/aromatic N) is 3. The van der Waals surface area contributed by atoms with Crippen LogP contribution in [0.2, 0.25) is 0 Å². The molecule has 4 heterocycles. The van der Waals surface area contributed by atoms with Crippen LogP contribution in [0.5, 0.6) is 11.5 Å². The lowest BCUT2D eigenvalue weighted by Gasteiger charge is -2.29. The maximum absolute atomic E-state index is 13.1. The van der Waals surface area contributed by atoms with Gasteiger partial charge in [-0.25, -0.2) is 4.79 Å². The maximum Gasteiger partial charge on any atom is 0.328 e. The molecule has 8 nitrogen and oxygen atoms in total. The largest absolute Gasteiger partial charge is 0.496 e. The summed E-state index contributed by atoms with van der Waals surface area (Å²) in [4.78, 5) is 35.4. The maximum atomic E-state index is 13.1. The number of benzene rings is 2. The van der Waals surface area contributed by atoms with Crippen molar-refractivity contribution in [2.75, 3.05) is 33.4 Å². The topological polar surface area (TPSA) is 89.5 Å². The first-order chi connectivity index (χ1) is 17.1. The Balaban J connectivity index is 1.13. The van der Waals surface area contributed by atoms with Crippen LogP contribution in [0.4, 0.5) is 0 Å². The summed E-state index contributed by atoms with van der Waals surface area (Å²) in [5.74, 6) is 2.70. The van der Waals surface area contributed by atoms with Crippen LogP contribution in [-0.2, 0) is 6.54 Å². The molecule has 0 aliphatic carbocycles. The smallest absolute Gasteiger partial charge is 0.328 e. The summed E-state index contributed by atoms with van der Waals surface area (Å²) in [6.45, 7) is 4.01. The lowest BCUT2D eigenvalue weighted by Crippen LogP contribution is -2.35. The SMILES string of the molecule is COc1cccc2c1[C@@H]1CN(CCCCn3c(=O)[nH]c4cc5ncccc5cc4c3=O)C[C@@H]1CO2. The van der Waals surface area contributed by atoms with E-state index in [1.165, 1.54) is 10.1 Å². The second-order valence-corrected chi connectivity index (χ2v) is 9.50. The van der Waals surface area contributed by atoms with Crippen molar-refractivity contribution in [1.82, 2.24) is 19.4 Å². The van der Waals surface area contributed by atoms with Gasteiger partial charge in [-0.1, -0.05) is 12.1 Å². The first-order valence-electron chi connectivity index (χ1n) is 12.2. The van der Waals surface area contributed by atoms with Crippen LogP contribution in [0.3, 0.4) is 0 Å². The van der Waals surface area contributed by atoms with Gasteiger partial charge < -0.3 is 19.4 Å². The summed E-state index contributed by atoms with van der Waals surface area (Å²) in [7, 11) is 1.71. The van der Waals surface area contributed by atoms with E-state index in [9.17, 15) is 9.59 Å². The van der Waals surface area contributed by atoms with Crippen LogP contribution in [0.25, 0.3) is 21.8 Å². The summed E-state index contributed by atoms with van der Waals surface area (Å²) in [5.41, 5.74) is 1.85. The third-order valence-corrected chi connectivity index (χ3v) is 7.40. The summed E-state index contributed by atoms with van der Waals surface area (Å²) >= 11 is 0. The van der Waals surface area contributed by atoms with Crippen LogP contribution in [0.15, 0.2) is 58.3 Å². The van der Waals surface area contributed by atoms with Crippen LogP contribution in [0.1, 0.15) is 24.3 Å². The van der Waals surface area contributed by atoms with E-state index in [1.54, 1.807) is 19.4 Å². The van der Waals surface area contributed by atoms with Crippen molar-refractivity contribution in [3.8, 4) is 11.5 Å². The number of hydrogen-bond donors (Lipinski definition) is 1. The molecular weight excluding hydrogens is 444 g/mol. The summed E-state index contributed by atoms with van der Waals surface area (Å²) in [6.07, 6.45) is 3.36. The van der Waals surface area contributed by atoms with E-state index in [1.807, 2.05) is 36.4 Å². The number of likely N-dealkylation sites (tertiary alicyclic amines) is 1. The van der Waals surface area contributed by atoms with Gasteiger partial charge in [0.25, 0.3) is 5.56 Å². The predicted molar refractivity (Wildman–Crippen MR) is 135 cm³/mol. The Morgan fingerprint density at radius 2 is 2.00 bits per heavy atom. The first-order valence-corrected chi connectivity index (χ1v) is 12.2. The molecule has 180 valence electrons. The molecule has 2 atom stereocenters. The second kappa shape index (κ2) is 8.85. The zero-order valence-corrected chi connectivity index (χ0v) is 19.7. The van der Waals surface area contributed by atoms with Crippen molar-refractivity contribution in [2.45, 2.75) is 25.3 Å². The van der Waals surface area contributed by atoms with Crippen LogP contribution in [0, 0.1) is 5.92 Å². The number of rotatable bonds is 6. The highest BCUT2D eigenvalue weighted by atomic mass is 16.5. The molecule has 35 heavy (non-hydrogen) atoms. The quantitative estimate of drug-likeness (QED) is 0.343. The Bertz CT molecular complexity index is 1510. The number of aromatic amines is 1. The minimum absolute atomic E-state index is 0.248. The molecule has 2 aliphatic heterocycles. The van der Waals surface area contributed by atoms with Gasteiger partial charge in [-0.3, -0.25) is 14.3 Å². The van der Waals surface area contributed by atoms with Gasteiger partial charge in [0.15, 0.2) is 0 Å². The molecule has 0 radical (unpaired) electrons. The summed E-state index contributed by atoms with van der Waals surface area (Å²) in [5, 5.41) is 1.40. The van der Waals surface area contributed by atoms with Crippen molar-refractivity contribution >= 4 is 21.8 Å². The van der Waals surface area contributed by atoms with Gasteiger partial charge in [0.2, 0.25) is 0 Å². The van der Waals surface area contributed by atoms with Crippen LogP contribution < -0.4 is 20.7 Å². The van der Waals surface area contributed by atoms with Gasteiger partial charge in [0.1, 0.15) is 11.5 Å². The predicted octanol–water partition coefficient (Wildman–Crippen LogP) is 3.13. The standard InChI is InChI=1S/C27H28N4O4/c1-34-23-7-4-8-24-25(23)20-15-30(14-18(20)16-35-24)10-2-3-11-31-26(32)19-12-17-6-5-9-28-21(17)13-22(19)29-27(31)33/h4-9,12-13,18,20H,2-3,10-11,14-16H2,1H3,(H,29,33)/t18-,20-/m1/s1. The average Bonchev–Trinajstić information content (AvgIpc) is 3.30. The minimum Gasteiger partial charge on any atom is -0.496 e. The number of pyridine rings is 1. The fourth-order valence-corrected chi connectivity index (χ4v) is 5.66. The molecule has 8 heteroatoms. The van der Waals surface area contributed by atoms with E-state index in [2.05, 4.69) is 14.9 Å². The molecule has 1 N–H and O–H groups in total. The lowest BCUT2D eigenvalue weighted by molar-refractivity contribution is 0.209. The highest BCUT2D eigenvalue weighted by Crippen LogP contribution is 2.46. The van der Waals surface area contributed by atoms with Crippen molar-refractivity contribution in [1.29, 1.82) is 0 Å². The van der Waals surface area contributed by atoms with Crippen molar-refractivity contribution in [3.05, 3.63) is 75.1 Å². The molecule has 0 spiro atoms. The van der Waals surface area contributed by atoms with E-state index in [-0.39, 0.29) is 11.2 Å². The highest BCUT2D eigenvalue weighted by molar-refractivity contribution is 5.93. The molecule has 0 amide bonds. The molecule has 1 saturated heterocycles. The Morgan fingerprint density at radius 3 is 2.89 bits per heavy atom. The fraction of sp³-hybridized carbons (Fsp3) is 0.370. The number of hydrogen-bond acceptors (Lipinski definition) is 6. The second-order valence-electron chi connectivity index (χ2n) is 9.50. The molecule has 6 rings (SSSR count). The normalized spacial score (nSPS) is 19.5. The molecule has 2 aromatic carbocycles. The fourth-order valence-electron chi connectivity index (χ4n) is 5.66. The van der Waals surface area contributed by atoms with E-state index >= 15 is 0 Å². The number of nitrogens with one attached hydrogen (secondary N) is 1.